The molecule has 0 N–H and O–H groups in total. The van der Waals surface area contributed by atoms with E-state index in [2.05, 4.69) is 0 Å². The maximum atomic E-state index is 13.7. The molecule has 1 aromatic heterocycles. The van der Waals surface area contributed by atoms with Crippen molar-refractivity contribution in [2.45, 2.75) is 25.3 Å². The van der Waals surface area contributed by atoms with Crippen molar-refractivity contribution < 1.29 is 25.6 Å². The average molecular weight is 357 g/mol. The molecule has 3 rings (SSSR count). The molecule has 23 heavy (non-hydrogen) atoms. The predicted molar refractivity (Wildman–Crippen MR) is 87.3 cm³/mol. The van der Waals surface area contributed by atoms with Gasteiger partial charge in [-0.05, 0) is 29.7 Å². The zero-order valence-electron chi connectivity index (χ0n) is 12.7. The topological polar surface area (TPSA) is 0 Å². The molecule has 122 valence electrons. The van der Waals surface area contributed by atoms with Gasteiger partial charge >= 0.3 is 5.51 Å². The molecule has 0 amide bonds. The van der Waals surface area contributed by atoms with Crippen molar-refractivity contribution >= 4 is 20.6 Å². The summed E-state index contributed by atoms with van der Waals surface area (Å²) in [6.45, 7) is 3.99. The van der Waals surface area contributed by atoms with Gasteiger partial charge in [0, 0.05) is 23.1 Å². The number of hydrogen-bond donors (Lipinski definition) is 0. The zero-order chi connectivity index (χ0) is 15.9. The minimum Gasteiger partial charge on any atom is -1.00 e. The molecular weight excluding hydrogens is 341 g/mol. The lowest BCUT2D eigenvalue weighted by Crippen LogP contribution is -3.00. The van der Waals surface area contributed by atoms with Gasteiger partial charge in [-0.25, -0.2) is 0 Å². The molecule has 0 fully saturated rings. The predicted octanol–water partition coefficient (Wildman–Crippen LogP) is 3.86. The molecule has 1 unspecified atom stereocenters. The van der Waals surface area contributed by atoms with Crippen molar-refractivity contribution in [1.29, 1.82) is 0 Å². The van der Waals surface area contributed by atoms with Crippen molar-refractivity contribution in [3.8, 4) is 10.4 Å². The van der Waals surface area contributed by atoms with E-state index in [0.717, 1.165) is 5.56 Å². The first kappa shape index (κ1) is 17.8. The molecule has 0 nitrogen and oxygen atoms in total. The van der Waals surface area contributed by atoms with Gasteiger partial charge in [0.2, 0.25) is 0 Å². The minimum absolute atomic E-state index is 0. The Balaban J connectivity index is 0.00000192. The second-order valence-corrected chi connectivity index (χ2v) is 7.53. The van der Waals surface area contributed by atoms with E-state index in [0.29, 0.717) is 20.5 Å². The lowest BCUT2D eigenvalue weighted by molar-refractivity contribution is -0.0864. The lowest BCUT2D eigenvalue weighted by Gasteiger charge is -2.04. The normalized spacial score (nSPS) is 12.5. The smallest absolute Gasteiger partial charge is 0.601 e. The molecule has 0 saturated carbocycles. The molecule has 5 heteroatoms. The molecule has 0 bridgehead atoms. The Bertz CT molecular complexity index is 804. The van der Waals surface area contributed by atoms with E-state index in [1.807, 2.05) is 32.0 Å². The highest BCUT2D eigenvalue weighted by atomic mass is 35.5. The number of thiophene rings is 1. The van der Waals surface area contributed by atoms with Crippen LogP contribution in [-0.2, 0) is 5.51 Å². The summed E-state index contributed by atoms with van der Waals surface area (Å²) in [7, 11) is -1.87. The number of fused-ring (bicyclic) bond motifs is 1. The molecule has 2 aromatic carbocycles. The molecular formula is C18H16ClF3S. The van der Waals surface area contributed by atoms with Gasteiger partial charge in [0.15, 0.2) is 9.58 Å². The zero-order valence-corrected chi connectivity index (χ0v) is 14.3. The Morgan fingerprint density at radius 3 is 2.13 bits per heavy atom. The van der Waals surface area contributed by atoms with E-state index < -0.39 is 16.0 Å². The molecule has 0 aliphatic rings. The number of rotatable bonds is 2. The highest BCUT2D eigenvalue weighted by Crippen LogP contribution is 2.54. The van der Waals surface area contributed by atoms with Gasteiger partial charge in [0.1, 0.15) is 10.5 Å². The summed E-state index contributed by atoms with van der Waals surface area (Å²) in [6.07, 6.45) is 0. The van der Waals surface area contributed by atoms with Crippen LogP contribution in [0.3, 0.4) is 0 Å². The van der Waals surface area contributed by atoms with E-state index in [1.165, 1.54) is 0 Å². The molecule has 1 heterocycles. The molecule has 0 aliphatic heterocycles. The van der Waals surface area contributed by atoms with Gasteiger partial charge in [0.25, 0.3) is 0 Å². The third-order valence-electron chi connectivity index (χ3n) is 3.72. The first-order valence-corrected chi connectivity index (χ1v) is 8.32. The first-order valence-electron chi connectivity index (χ1n) is 7.10. The molecule has 0 saturated heterocycles. The quantitative estimate of drug-likeness (QED) is 0.612. The van der Waals surface area contributed by atoms with E-state index in [9.17, 15) is 13.2 Å². The van der Waals surface area contributed by atoms with Crippen molar-refractivity contribution in [1.82, 2.24) is 0 Å². The number of hydrogen-bond acceptors (Lipinski definition) is 0. The number of benzene rings is 2. The van der Waals surface area contributed by atoms with Crippen LogP contribution < -0.4 is 12.4 Å². The van der Waals surface area contributed by atoms with Crippen LogP contribution in [-0.4, -0.2) is 0 Å². The second kappa shape index (κ2) is 6.54. The fourth-order valence-corrected chi connectivity index (χ4v) is 4.55. The van der Waals surface area contributed by atoms with E-state index in [-0.39, 0.29) is 18.3 Å². The summed E-state index contributed by atoms with van der Waals surface area (Å²) in [5.41, 5.74) is -2.67. The van der Waals surface area contributed by atoms with Crippen LogP contribution in [0.2, 0.25) is 0 Å². The third kappa shape index (κ3) is 3.38. The summed E-state index contributed by atoms with van der Waals surface area (Å²) in [5.74, 6) is 0.213. The fourth-order valence-electron chi connectivity index (χ4n) is 2.58. The Hall–Kier alpha value is -1.52. The summed E-state index contributed by atoms with van der Waals surface area (Å²) in [6, 6.07) is 16.0. The Morgan fingerprint density at radius 1 is 0.913 bits per heavy atom. The molecule has 0 radical (unpaired) electrons. The average Bonchev–Trinajstić information content (AvgIpc) is 2.86. The van der Waals surface area contributed by atoms with Gasteiger partial charge in [0.05, 0.1) is 0 Å². The third-order valence-corrected chi connectivity index (χ3v) is 5.77. The molecule has 1 atom stereocenters. The van der Waals surface area contributed by atoms with Gasteiger partial charge in [-0.15, -0.1) is 13.2 Å². The highest BCUT2D eigenvalue weighted by Gasteiger charge is 2.48. The SMILES string of the molecule is CC(C)c1ccc2cc(-c3ccccc3)[s+](C(F)(F)F)c2c1.[Cl-]. The van der Waals surface area contributed by atoms with Crippen LogP contribution in [0.5, 0.6) is 0 Å². The van der Waals surface area contributed by atoms with Gasteiger partial charge in [-0.3, -0.25) is 0 Å². The van der Waals surface area contributed by atoms with E-state index in [4.69, 9.17) is 0 Å². The Kier molecular flexibility index (Phi) is 5.07. The molecule has 0 aliphatic carbocycles. The maximum absolute atomic E-state index is 13.7. The van der Waals surface area contributed by atoms with Crippen molar-refractivity contribution in [3.05, 3.63) is 60.2 Å². The summed E-state index contributed by atoms with van der Waals surface area (Å²) >= 11 is 0. The van der Waals surface area contributed by atoms with Crippen LogP contribution in [0.4, 0.5) is 13.2 Å². The van der Waals surface area contributed by atoms with Gasteiger partial charge < -0.3 is 12.4 Å². The van der Waals surface area contributed by atoms with E-state index >= 15 is 0 Å². The van der Waals surface area contributed by atoms with Crippen molar-refractivity contribution in [2.24, 2.45) is 0 Å². The second-order valence-electron chi connectivity index (χ2n) is 5.58. The van der Waals surface area contributed by atoms with Crippen molar-refractivity contribution in [3.63, 3.8) is 0 Å². The van der Waals surface area contributed by atoms with E-state index in [1.54, 1.807) is 36.4 Å². The largest absolute Gasteiger partial charge is 1.00 e. The van der Waals surface area contributed by atoms with Crippen LogP contribution >= 0.6 is 10.5 Å². The minimum atomic E-state index is -4.26. The summed E-state index contributed by atoms with van der Waals surface area (Å²) < 4.78 is 41.4. The van der Waals surface area contributed by atoms with Crippen LogP contribution in [0, 0.1) is 0 Å². The monoisotopic (exact) mass is 356 g/mol. The number of halogens is 4. The first-order chi connectivity index (χ1) is 10.4. The van der Waals surface area contributed by atoms with Gasteiger partial charge in [-0.1, -0.05) is 38.1 Å². The Morgan fingerprint density at radius 2 is 1.57 bits per heavy atom. The van der Waals surface area contributed by atoms with Crippen LogP contribution in [0.25, 0.3) is 20.5 Å². The van der Waals surface area contributed by atoms with Crippen LogP contribution in [0.1, 0.15) is 25.3 Å². The van der Waals surface area contributed by atoms with Crippen molar-refractivity contribution in [2.75, 3.05) is 0 Å². The Labute approximate surface area is 142 Å². The van der Waals surface area contributed by atoms with Crippen LogP contribution in [0.15, 0.2) is 54.6 Å². The van der Waals surface area contributed by atoms with Gasteiger partial charge in [-0.2, -0.15) is 0 Å². The highest BCUT2D eigenvalue weighted by molar-refractivity contribution is 7.41. The standard InChI is InChI=1S/C18H16F3S.ClH/c1-12(2)14-8-9-15-11-16(13-6-4-3-5-7-13)22(17(15)10-14)18(19,20)21;/h3-12H,1-2H3;1H/q+1;/p-1. The molecule has 3 aromatic rings. The fraction of sp³-hybridized carbons (Fsp3) is 0.222. The number of alkyl halides is 3. The summed E-state index contributed by atoms with van der Waals surface area (Å²) in [4.78, 5) is 0.365. The lowest BCUT2D eigenvalue weighted by atomic mass is 10.0. The molecule has 0 spiro atoms. The summed E-state index contributed by atoms with van der Waals surface area (Å²) in [5, 5.41) is 0.684. The maximum Gasteiger partial charge on any atom is 0.601 e.